The minimum Gasteiger partial charge on any atom is -0.269 e. The lowest BCUT2D eigenvalue weighted by Crippen LogP contribution is -2.32. The van der Waals surface area contributed by atoms with E-state index in [0.717, 1.165) is 10.0 Å². The minimum absolute atomic E-state index is 0.252. The number of amides is 2. The van der Waals surface area contributed by atoms with Gasteiger partial charge in [-0.1, -0.05) is 12.1 Å². The van der Waals surface area contributed by atoms with Gasteiger partial charge < -0.3 is 0 Å². The maximum absolute atomic E-state index is 12.4. The van der Waals surface area contributed by atoms with E-state index in [4.69, 9.17) is 0 Å². The van der Waals surface area contributed by atoms with Crippen LogP contribution in [0, 0.1) is 0 Å². The molecule has 1 aromatic carbocycles. The molecule has 0 unspecified atom stereocenters. The summed E-state index contributed by atoms with van der Waals surface area (Å²) >= 11 is 3.35. The van der Waals surface area contributed by atoms with E-state index in [0.29, 0.717) is 11.1 Å². The van der Waals surface area contributed by atoms with Gasteiger partial charge in [-0.15, -0.1) is 0 Å². The lowest BCUT2D eigenvalue weighted by molar-refractivity contribution is 0.0595. The van der Waals surface area contributed by atoms with Crippen molar-refractivity contribution in [3.8, 4) is 0 Å². The average Bonchev–Trinajstić information content (AvgIpc) is 2.71. The molecule has 0 aliphatic carbocycles. The zero-order valence-corrected chi connectivity index (χ0v) is 12.3. The predicted octanol–water partition coefficient (Wildman–Crippen LogP) is 3.20. The highest BCUT2D eigenvalue weighted by atomic mass is 79.9. The Hall–Kier alpha value is -2.01. The van der Waals surface area contributed by atoms with Gasteiger partial charge in [-0.05, 0) is 46.6 Å². The number of nitrogens with zero attached hydrogens (tertiary/aromatic N) is 2. The van der Waals surface area contributed by atoms with Crippen LogP contribution in [-0.2, 0) is 0 Å². The number of carbonyl (C=O) groups excluding carboxylic acids is 2. The molecular formula is C15H11BrN2O2. The molecule has 0 saturated heterocycles. The number of halogens is 1. The highest BCUT2D eigenvalue weighted by Gasteiger charge is 2.38. The van der Waals surface area contributed by atoms with Crippen molar-refractivity contribution in [2.45, 2.75) is 13.0 Å². The molecule has 1 atom stereocenters. The van der Waals surface area contributed by atoms with Crippen LogP contribution in [0.4, 0.5) is 0 Å². The molecule has 0 N–H and O–H groups in total. The monoisotopic (exact) mass is 330 g/mol. The number of hydrogen-bond donors (Lipinski definition) is 0. The van der Waals surface area contributed by atoms with Crippen molar-refractivity contribution in [2.24, 2.45) is 0 Å². The molecular weight excluding hydrogens is 320 g/mol. The van der Waals surface area contributed by atoms with Crippen molar-refractivity contribution in [1.82, 2.24) is 9.88 Å². The van der Waals surface area contributed by atoms with E-state index in [-0.39, 0.29) is 17.9 Å². The number of hydrogen-bond acceptors (Lipinski definition) is 3. The lowest BCUT2D eigenvalue weighted by atomic mass is 10.1. The van der Waals surface area contributed by atoms with Crippen LogP contribution in [0.1, 0.15) is 39.2 Å². The molecule has 5 heteroatoms. The second kappa shape index (κ2) is 4.83. The minimum atomic E-state index is -0.354. The van der Waals surface area contributed by atoms with Crippen molar-refractivity contribution in [2.75, 3.05) is 0 Å². The number of aromatic nitrogens is 1. The van der Waals surface area contributed by atoms with E-state index < -0.39 is 0 Å². The molecule has 0 bridgehead atoms. The standard InChI is InChI=1S/C15H11BrN2O2/c1-9(10-6-11(16)8-17-7-10)18-14(19)12-4-2-3-5-13(12)15(18)20/h2-9H,1H3/t9-/m0/s1. The number of carbonyl (C=O) groups is 2. The fourth-order valence-corrected chi connectivity index (χ4v) is 2.75. The van der Waals surface area contributed by atoms with Gasteiger partial charge in [0.25, 0.3) is 11.8 Å². The Morgan fingerprint density at radius 1 is 1.10 bits per heavy atom. The Kier molecular flexibility index (Phi) is 3.14. The molecule has 2 aromatic rings. The number of imide groups is 1. The maximum Gasteiger partial charge on any atom is 0.262 e. The largest absolute Gasteiger partial charge is 0.269 e. The van der Waals surface area contributed by atoms with Crippen LogP contribution in [0.2, 0.25) is 0 Å². The Labute approximate surface area is 124 Å². The van der Waals surface area contributed by atoms with Crippen molar-refractivity contribution in [3.05, 3.63) is 63.9 Å². The summed E-state index contributed by atoms with van der Waals surface area (Å²) in [4.78, 5) is 30.1. The Morgan fingerprint density at radius 3 is 2.25 bits per heavy atom. The normalized spacial score (nSPS) is 15.4. The van der Waals surface area contributed by atoms with Crippen LogP contribution in [0.5, 0.6) is 0 Å². The van der Waals surface area contributed by atoms with Gasteiger partial charge in [-0.25, -0.2) is 0 Å². The molecule has 0 fully saturated rings. The van der Waals surface area contributed by atoms with Crippen LogP contribution in [-0.4, -0.2) is 21.7 Å². The first-order valence-corrected chi connectivity index (χ1v) is 6.96. The van der Waals surface area contributed by atoms with E-state index in [9.17, 15) is 9.59 Å². The second-order valence-corrected chi connectivity index (χ2v) is 5.55. The number of fused-ring (bicyclic) bond motifs is 1. The predicted molar refractivity (Wildman–Crippen MR) is 77.3 cm³/mol. The molecule has 4 nitrogen and oxygen atoms in total. The topological polar surface area (TPSA) is 50.3 Å². The van der Waals surface area contributed by atoms with Crippen molar-refractivity contribution < 1.29 is 9.59 Å². The molecule has 3 rings (SSSR count). The van der Waals surface area contributed by atoms with Gasteiger partial charge in [0.05, 0.1) is 17.2 Å². The molecule has 20 heavy (non-hydrogen) atoms. The van der Waals surface area contributed by atoms with Crippen LogP contribution in [0.15, 0.2) is 47.2 Å². The Morgan fingerprint density at radius 2 is 1.70 bits per heavy atom. The fraction of sp³-hybridized carbons (Fsp3) is 0.133. The van der Waals surface area contributed by atoms with Crippen molar-refractivity contribution in [3.63, 3.8) is 0 Å². The Bertz CT molecular complexity index is 680. The van der Waals surface area contributed by atoms with Crippen LogP contribution in [0.25, 0.3) is 0 Å². The van der Waals surface area contributed by atoms with E-state index in [1.54, 1.807) is 36.7 Å². The first-order chi connectivity index (χ1) is 9.59. The zero-order chi connectivity index (χ0) is 14.3. The summed E-state index contributed by atoms with van der Waals surface area (Å²) in [6.07, 6.45) is 3.33. The second-order valence-electron chi connectivity index (χ2n) is 4.64. The summed E-state index contributed by atoms with van der Waals surface area (Å²) in [5.41, 5.74) is 1.74. The lowest BCUT2D eigenvalue weighted by Gasteiger charge is -2.22. The summed E-state index contributed by atoms with van der Waals surface area (Å²) in [6.45, 7) is 1.82. The summed E-state index contributed by atoms with van der Waals surface area (Å²) < 4.78 is 0.818. The first kappa shape index (κ1) is 13.0. The molecule has 0 radical (unpaired) electrons. The summed E-state index contributed by atoms with van der Waals surface area (Å²) in [5.74, 6) is -0.504. The van der Waals surface area contributed by atoms with Crippen LogP contribution in [0.3, 0.4) is 0 Å². The average molecular weight is 331 g/mol. The van der Waals surface area contributed by atoms with Crippen LogP contribution >= 0.6 is 15.9 Å². The maximum atomic E-state index is 12.4. The highest BCUT2D eigenvalue weighted by Crippen LogP contribution is 2.31. The molecule has 0 saturated carbocycles. The molecule has 2 heterocycles. The molecule has 1 aliphatic rings. The summed E-state index contributed by atoms with van der Waals surface area (Å²) in [7, 11) is 0. The van der Waals surface area contributed by atoms with Crippen molar-refractivity contribution >= 4 is 27.7 Å². The van der Waals surface area contributed by atoms with Gasteiger partial charge in [-0.3, -0.25) is 19.5 Å². The summed E-state index contributed by atoms with van der Waals surface area (Å²) in [6, 6.07) is 8.40. The molecule has 1 aromatic heterocycles. The van der Waals surface area contributed by atoms with Crippen molar-refractivity contribution in [1.29, 1.82) is 0 Å². The summed E-state index contributed by atoms with van der Waals surface area (Å²) in [5, 5.41) is 0. The third-order valence-electron chi connectivity index (χ3n) is 3.42. The third-order valence-corrected chi connectivity index (χ3v) is 3.85. The zero-order valence-electron chi connectivity index (χ0n) is 10.7. The van der Waals surface area contributed by atoms with E-state index in [1.807, 2.05) is 13.0 Å². The fourth-order valence-electron chi connectivity index (χ4n) is 2.37. The van der Waals surface area contributed by atoms with Gasteiger partial charge >= 0.3 is 0 Å². The first-order valence-electron chi connectivity index (χ1n) is 6.17. The van der Waals surface area contributed by atoms with Gasteiger partial charge in [0, 0.05) is 16.9 Å². The van der Waals surface area contributed by atoms with E-state index in [2.05, 4.69) is 20.9 Å². The number of rotatable bonds is 2. The van der Waals surface area contributed by atoms with Gasteiger partial charge in [0.2, 0.25) is 0 Å². The molecule has 100 valence electrons. The van der Waals surface area contributed by atoms with Gasteiger partial charge in [0.1, 0.15) is 0 Å². The highest BCUT2D eigenvalue weighted by molar-refractivity contribution is 9.10. The van der Waals surface area contributed by atoms with Crippen LogP contribution < -0.4 is 0 Å². The van der Waals surface area contributed by atoms with Gasteiger partial charge in [-0.2, -0.15) is 0 Å². The Balaban J connectivity index is 2.01. The van der Waals surface area contributed by atoms with Gasteiger partial charge in [0.15, 0.2) is 0 Å². The molecule has 0 spiro atoms. The molecule has 1 aliphatic heterocycles. The SMILES string of the molecule is C[C@@H](c1cncc(Br)c1)N1C(=O)c2ccccc2C1=O. The third kappa shape index (κ3) is 1.94. The van der Waals surface area contributed by atoms with E-state index in [1.165, 1.54) is 4.90 Å². The number of pyridine rings is 1. The van der Waals surface area contributed by atoms with E-state index >= 15 is 0 Å². The molecule has 2 amide bonds. The number of benzene rings is 1. The quantitative estimate of drug-likeness (QED) is 0.794. The smallest absolute Gasteiger partial charge is 0.262 e.